The van der Waals surface area contributed by atoms with E-state index in [2.05, 4.69) is 36.5 Å². The molecule has 0 spiro atoms. The molecule has 0 aromatic heterocycles. The van der Waals surface area contributed by atoms with Crippen molar-refractivity contribution in [1.82, 2.24) is 10.2 Å². The molecule has 0 aliphatic heterocycles. The highest BCUT2D eigenvalue weighted by molar-refractivity contribution is 7.99. The molecule has 0 saturated heterocycles. The first-order valence-electron chi connectivity index (χ1n) is 11.2. The number of nitrogens with zero attached hydrogens (tertiary/aromatic N) is 1. The van der Waals surface area contributed by atoms with Crippen molar-refractivity contribution in [2.75, 3.05) is 5.75 Å². The van der Waals surface area contributed by atoms with Crippen LogP contribution in [0.25, 0.3) is 0 Å². The minimum Gasteiger partial charge on any atom is -0.352 e. The average Bonchev–Trinajstić information content (AvgIpc) is 3.24. The van der Waals surface area contributed by atoms with Crippen molar-refractivity contribution >= 4 is 23.6 Å². The van der Waals surface area contributed by atoms with Crippen molar-refractivity contribution in [2.24, 2.45) is 0 Å². The largest absolute Gasteiger partial charge is 0.352 e. The Morgan fingerprint density at radius 1 is 1.03 bits per heavy atom. The van der Waals surface area contributed by atoms with Gasteiger partial charge in [0.05, 0.1) is 5.75 Å². The van der Waals surface area contributed by atoms with E-state index >= 15 is 0 Å². The first-order chi connectivity index (χ1) is 14.9. The van der Waals surface area contributed by atoms with Gasteiger partial charge in [-0.1, -0.05) is 72.5 Å². The van der Waals surface area contributed by atoms with E-state index in [0.717, 1.165) is 29.7 Å². The lowest BCUT2D eigenvalue weighted by atomic mass is 10.1. The Morgan fingerprint density at radius 3 is 2.29 bits per heavy atom. The molecule has 1 N–H and O–H groups in total. The normalized spacial score (nSPS) is 14.9. The van der Waals surface area contributed by atoms with Gasteiger partial charge in [0.15, 0.2) is 0 Å². The molecule has 1 aliphatic rings. The van der Waals surface area contributed by atoms with E-state index in [1.165, 1.54) is 24.0 Å². The van der Waals surface area contributed by atoms with Crippen LogP contribution in [0, 0.1) is 13.8 Å². The second-order valence-corrected chi connectivity index (χ2v) is 9.64. The van der Waals surface area contributed by atoms with Crippen LogP contribution in [0.1, 0.15) is 54.9 Å². The summed E-state index contributed by atoms with van der Waals surface area (Å²) in [6, 6.07) is 16.3. The molecule has 0 heterocycles. The quantitative estimate of drug-likeness (QED) is 0.598. The number of carbonyl (C=O) groups is 2. The van der Waals surface area contributed by atoms with Gasteiger partial charge in [-0.05, 0) is 44.7 Å². The lowest BCUT2D eigenvalue weighted by molar-refractivity contribution is -0.138. The van der Waals surface area contributed by atoms with Crippen LogP contribution >= 0.6 is 11.8 Å². The number of benzene rings is 2. The molecule has 3 rings (SSSR count). The van der Waals surface area contributed by atoms with Crippen LogP contribution in [-0.2, 0) is 21.9 Å². The van der Waals surface area contributed by atoms with Gasteiger partial charge in [0.1, 0.15) is 6.04 Å². The molecule has 1 saturated carbocycles. The van der Waals surface area contributed by atoms with Crippen LogP contribution in [0.15, 0.2) is 48.5 Å². The minimum atomic E-state index is -0.492. The predicted molar refractivity (Wildman–Crippen MR) is 129 cm³/mol. The van der Waals surface area contributed by atoms with E-state index in [-0.39, 0.29) is 17.9 Å². The highest BCUT2D eigenvalue weighted by atomic mass is 32.2. The Bertz CT molecular complexity index is 892. The van der Waals surface area contributed by atoms with Crippen molar-refractivity contribution in [3.63, 3.8) is 0 Å². The fraction of sp³-hybridized carbons (Fsp3) is 0.462. The van der Waals surface area contributed by atoms with E-state index in [1.807, 2.05) is 38.1 Å². The van der Waals surface area contributed by atoms with Gasteiger partial charge in [0, 0.05) is 18.3 Å². The summed E-state index contributed by atoms with van der Waals surface area (Å²) in [6.45, 7) is 6.42. The molecular formula is C26H34N2O2S. The first-order valence-corrected chi connectivity index (χ1v) is 12.4. The number of rotatable bonds is 9. The zero-order chi connectivity index (χ0) is 22.2. The second kappa shape index (κ2) is 11.4. The van der Waals surface area contributed by atoms with Gasteiger partial charge in [-0.3, -0.25) is 9.59 Å². The monoisotopic (exact) mass is 438 g/mol. The van der Waals surface area contributed by atoms with Crippen LogP contribution in [-0.4, -0.2) is 34.6 Å². The Morgan fingerprint density at radius 2 is 1.65 bits per heavy atom. The summed E-state index contributed by atoms with van der Waals surface area (Å²) in [5, 5.41) is 3.16. The number of carbonyl (C=O) groups excluding carboxylic acids is 2. The van der Waals surface area contributed by atoms with Crippen molar-refractivity contribution in [3.8, 4) is 0 Å². The third-order valence-corrected chi connectivity index (χ3v) is 6.87. The van der Waals surface area contributed by atoms with Gasteiger partial charge in [-0.15, -0.1) is 11.8 Å². The number of hydrogen-bond donors (Lipinski definition) is 1. The molecule has 0 radical (unpaired) electrons. The van der Waals surface area contributed by atoms with Crippen LogP contribution in [0.2, 0.25) is 0 Å². The van der Waals surface area contributed by atoms with Crippen molar-refractivity contribution in [2.45, 2.75) is 70.8 Å². The molecule has 2 aromatic carbocycles. The number of hydrogen-bond acceptors (Lipinski definition) is 3. The van der Waals surface area contributed by atoms with Gasteiger partial charge in [-0.2, -0.15) is 0 Å². The van der Waals surface area contributed by atoms with Crippen molar-refractivity contribution < 1.29 is 9.59 Å². The lowest BCUT2D eigenvalue weighted by Crippen LogP contribution is -2.50. The fourth-order valence-electron chi connectivity index (χ4n) is 4.12. The maximum atomic E-state index is 13.2. The Labute approximate surface area is 190 Å². The van der Waals surface area contributed by atoms with Gasteiger partial charge in [0.25, 0.3) is 0 Å². The molecule has 0 bridgehead atoms. The smallest absolute Gasteiger partial charge is 0.242 e. The Balaban J connectivity index is 1.65. The predicted octanol–water partition coefficient (Wildman–Crippen LogP) is 5.01. The molecule has 2 aromatic rings. The van der Waals surface area contributed by atoms with Gasteiger partial charge in [-0.25, -0.2) is 0 Å². The van der Waals surface area contributed by atoms with Crippen LogP contribution in [0.3, 0.4) is 0 Å². The summed E-state index contributed by atoms with van der Waals surface area (Å²) in [6.07, 6.45) is 4.41. The second-order valence-electron chi connectivity index (χ2n) is 8.66. The third-order valence-electron chi connectivity index (χ3n) is 5.88. The summed E-state index contributed by atoms with van der Waals surface area (Å²) in [5.41, 5.74) is 4.65. The average molecular weight is 439 g/mol. The molecule has 166 valence electrons. The Hall–Kier alpha value is -2.27. The number of aryl methyl sites for hydroxylation is 2. The topological polar surface area (TPSA) is 49.4 Å². The van der Waals surface area contributed by atoms with Gasteiger partial charge < -0.3 is 10.2 Å². The fourth-order valence-corrected chi connectivity index (χ4v) is 4.98. The maximum Gasteiger partial charge on any atom is 0.242 e. The van der Waals surface area contributed by atoms with E-state index < -0.39 is 6.04 Å². The van der Waals surface area contributed by atoms with Crippen LogP contribution < -0.4 is 5.32 Å². The summed E-state index contributed by atoms with van der Waals surface area (Å²) in [5.74, 6) is 1.11. The molecule has 5 heteroatoms. The maximum absolute atomic E-state index is 13.2. The Kier molecular flexibility index (Phi) is 8.59. The van der Waals surface area contributed by atoms with Crippen molar-refractivity contribution in [1.29, 1.82) is 0 Å². The highest BCUT2D eigenvalue weighted by Crippen LogP contribution is 2.20. The molecule has 2 amide bonds. The SMILES string of the molecule is Cc1cccc(CSCC(=O)N(Cc2cccc(C)c2)C(C)C(=O)NC2CCCC2)c1. The number of thioether (sulfide) groups is 1. The summed E-state index contributed by atoms with van der Waals surface area (Å²) in [4.78, 5) is 27.9. The molecule has 1 fully saturated rings. The molecule has 1 unspecified atom stereocenters. The molecule has 31 heavy (non-hydrogen) atoms. The molecule has 1 aliphatic carbocycles. The molecule has 1 atom stereocenters. The highest BCUT2D eigenvalue weighted by Gasteiger charge is 2.28. The minimum absolute atomic E-state index is 0.00762. The summed E-state index contributed by atoms with van der Waals surface area (Å²) < 4.78 is 0. The van der Waals surface area contributed by atoms with E-state index in [0.29, 0.717) is 12.3 Å². The van der Waals surface area contributed by atoms with Crippen LogP contribution in [0.4, 0.5) is 0 Å². The van der Waals surface area contributed by atoms with Gasteiger partial charge >= 0.3 is 0 Å². The zero-order valence-corrected chi connectivity index (χ0v) is 19.7. The number of nitrogens with one attached hydrogen (secondary N) is 1. The van der Waals surface area contributed by atoms with Crippen LogP contribution in [0.5, 0.6) is 0 Å². The first kappa shape index (κ1) is 23.4. The standard InChI is InChI=1S/C26H34N2O2S/c1-19-8-6-10-22(14-19)16-28(21(3)26(30)27-24-12-4-5-13-24)25(29)18-31-17-23-11-7-9-20(2)15-23/h6-11,14-15,21,24H,4-5,12-13,16-18H2,1-3H3,(H,27,30). The molecular weight excluding hydrogens is 404 g/mol. The summed E-state index contributed by atoms with van der Waals surface area (Å²) >= 11 is 1.60. The van der Waals surface area contributed by atoms with Crippen molar-refractivity contribution in [3.05, 3.63) is 70.8 Å². The van der Waals surface area contributed by atoms with E-state index in [9.17, 15) is 9.59 Å². The molecule has 4 nitrogen and oxygen atoms in total. The summed E-state index contributed by atoms with van der Waals surface area (Å²) in [7, 11) is 0. The zero-order valence-electron chi connectivity index (χ0n) is 18.9. The van der Waals surface area contributed by atoms with Gasteiger partial charge in [0.2, 0.25) is 11.8 Å². The number of amides is 2. The third kappa shape index (κ3) is 7.13. The van der Waals surface area contributed by atoms with E-state index in [1.54, 1.807) is 16.7 Å². The lowest BCUT2D eigenvalue weighted by Gasteiger charge is -2.30. The van der Waals surface area contributed by atoms with E-state index in [4.69, 9.17) is 0 Å².